The van der Waals surface area contributed by atoms with Gasteiger partial charge in [0.25, 0.3) is 0 Å². The second-order valence-electron chi connectivity index (χ2n) is 17.9. The van der Waals surface area contributed by atoms with Gasteiger partial charge in [-0.1, -0.05) is 137 Å². The van der Waals surface area contributed by atoms with E-state index in [1.165, 1.54) is 135 Å². The normalized spacial score (nSPS) is 21.2. The maximum absolute atomic E-state index is 2.66. The van der Waals surface area contributed by atoms with E-state index in [0.717, 1.165) is 17.8 Å². The maximum Gasteiger partial charge on any atom is 0.0502 e. The molecule has 0 aromatic heterocycles. The number of anilines is 3. The van der Waals surface area contributed by atoms with Crippen molar-refractivity contribution in [1.29, 1.82) is 0 Å². The molecule has 7 aromatic carbocycles. The van der Waals surface area contributed by atoms with Crippen LogP contribution in [0.4, 0.5) is 17.1 Å². The molecule has 0 N–H and O–H groups in total. The monoisotopic (exact) mass is 713 g/mol. The van der Waals surface area contributed by atoms with Crippen molar-refractivity contribution in [3.05, 3.63) is 162 Å². The first kappa shape index (κ1) is 33.2. The Kier molecular flexibility index (Phi) is 7.84. The molecule has 3 atom stereocenters. The summed E-state index contributed by atoms with van der Waals surface area (Å²) in [6.07, 6.45) is 12.2. The predicted octanol–water partition coefficient (Wildman–Crippen LogP) is 15.4. The number of hydrogen-bond donors (Lipinski definition) is 0. The van der Waals surface area contributed by atoms with Gasteiger partial charge in [-0.15, -0.1) is 0 Å². The number of rotatable bonds is 6. The molecule has 0 amide bonds. The van der Waals surface area contributed by atoms with Gasteiger partial charge in [0.05, 0.1) is 5.69 Å². The lowest BCUT2D eigenvalue weighted by Gasteiger charge is -2.34. The molecule has 0 saturated heterocycles. The van der Waals surface area contributed by atoms with Crippen LogP contribution in [0.15, 0.2) is 140 Å². The third-order valence-corrected chi connectivity index (χ3v) is 14.5. The van der Waals surface area contributed by atoms with Crippen molar-refractivity contribution in [1.82, 2.24) is 0 Å². The molecule has 0 heterocycles. The molecule has 2 bridgehead atoms. The van der Waals surface area contributed by atoms with Crippen LogP contribution < -0.4 is 4.90 Å². The molecule has 7 aromatic rings. The summed E-state index contributed by atoms with van der Waals surface area (Å²) in [4.78, 5) is 2.66. The zero-order valence-electron chi connectivity index (χ0n) is 32.4. The van der Waals surface area contributed by atoms with Gasteiger partial charge in [-0.3, -0.25) is 0 Å². The molecule has 55 heavy (non-hydrogen) atoms. The van der Waals surface area contributed by atoms with Gasteiger partial charge in [0.2, 0.25) is 0 Å². The average Bonchev–Trinajstić information content (AvgIpc) is 3.94. The van der Waals surface area contributed by atoms with Gasteiger partial charge in [-0.25, -0.2) is 0 Å². The maximum atomic E-state index is 2.66. The highest BCUT2D eigenvalue weighted by Gasteiger charge is 2.41. The summed E-state index contributed by atoms with van der Waals surface area (Å²) in [5.74, 6) is 3.09. The fourth-order valence-electron chi connectivity index (χ4n) is 11.6. The molecule has 272 valence electrons. The minimum absolute atomic E-state index is 0.138. The molecule has 0 aliphatic heterocycles. The summed E-state index contributed by atoms with van der Waals surface area (Å²) in [5, 5.41) is 5.22. The zero-order chi connectivity index (χ0) is 36.7. The highest BCUT2D eigenvalue weighted by Crippen LogP contribution is 2.56. The van der Waals surface area contributed by atoms with E-state index in [9.17, 15) is 0 Å². The first-order valence-corrected chi connectivity index (χ1v) is 21.2. The second-order valence-corrected chi connectivity index (χ2v) is 17.9. The highest BCUT2D eigenvalue weighted by atomic mass is 15.1. The Bertz CT molecular complexity index is 2580. The van der Waals surface area contributed by atoms with Crippen LogP contribution in [0.1, 0.15) is 106 Å². The molecule has 1 heteroatoms. The van der Waals surface area contributed by atoms with Gasteiger partial charge in [-0.05, 0) is 164 Å². The summed E-state index contributed by atoms with van der Waals surface area (Å²) < 4.78 is 0. The third-order valence-electron chi connectivity index (χ3n) is 14.5. The van der Waals surface area contributed by atoms with E-state index in [-0.39, 0.29) is 5.41 Å². The molecule has 11 rings (SSSR count). The zero-order valence-corrected chi connectivity index (χ0v) is 32.4. The van der Waals surface area contributed by atoms with Crippen molar-refractivity contribution in [2.75, 3.05) is 4.90 Å². The van der Waals surface area contributed by atoms with Gasteiger partial charge in [0.1, 0.15) is 0 Å². The standard InChI is InChI=1S/C54H51N/c1-54(2)50-19-11-10-18-46(50)53-49(43-23-22-36-12-6-7-15-39(36)30-43)33-45(34-51(53)54)55(44-26-24-38(25-27-44)47-29-35-20-21-42(47)28-35)52-32-41-17-9-8-16-40(41)31-48(52)37-13-4-3-5-14-37/h6-12,15-19,22-27,30-35,37,42,47H,3-5,13-14,20-21,28-29H2,1-2H3. The Morgan fingerprint density at radius 2 is 1.24 bits per heavy atom. The third kappa shape index (κ3) is 5.48. The SMILES string of the molecule is CC1(C)c2ccccc2-c2c(-c3ccc4ccccc4c3)cc(N(c3ccc(C4CC5CCC4C5)cc3)c3cc4ccccc4cc3C3CCCCC3)cc21. The average molecular weight is 714 g/mol. The number of benzene rings is 7. The van der Waals surface area contributed by atoms with E-state index in [2.05, 4.69) is 158 Å². The fourth-order valence-corrected chi connectivity index (χ4v) is 11.6. The fraction of sp³-hybridized carbons (Fsp3) is 0.296. The Hall–Kier alpha value is -5.14. The molecule has 4 aliphatic carbocycles. The van der Waals surface area contributed by atoms with Crippen molar-refractivity contribution >= 4 is 38.6 Å². The highest BCUT2D eigenvalue weighted by molar-refractivity contribution is 5.99. The van der Waals surface area contributed by atoms with Crippen LogP contribution in [0.3, 0.4) is 0 Å². The van der Waals surface area contributed by atoms with Crippen molar-refractivity contribution in [2.45, 2.75) is 88.9 Å². The van der Waals surface area contributed by atoms with E-state index in [1.807, 2.05) is 0 Å². The Balaban J connectivity index is 1.17. The number of nitrogens with zero attached hydrogens (tertiary/aromatic N) is 1. The first-order chi connectivity index (χ1) is 27.0. The summed E-state index contributed by atoms with van der Waals surface area (Å²) in [5.41, 5.74) is 15.0. The number of fused-ring (bicyclic) bond motifs is 7. The summed E-state index contributed by atoms with van der Waals surface area (Å²) >= 11 is 0. The van der Waals surface area contributed by atoms with Crippen LogP contribution in [0.5, 0.6) is 0 Å². The molecule has 3 unspecified atom stereocenters. The molecule has 1 nitrogen and oxygen atoms in total. The molecule has 3 fully saturated rings. The molecule has 0 spiro atoms. The summed E-state index contributed by atoms with van der Waals surface area (Å²) in [7, 11) is 0. The Morgan fingerprint density at radius 1 is 0.527 bits per heavy atom. The first-order valence-electron chi connectivity index (χ1n) is 21.2. The lowest BCUT2D eigenvalue weighted by Crippen LogP contribution is -2.18. The summed E-state index contributed by atoms with van der Waals surface area (Å²) in [6.45, 7) is 4.87. The van der Waals surface area contributed by atoms with Crippen LogP contribution >= 0.6 is 0 Å². The summed E-state index contributed by atoms with van der Waals surface area (Å²) in [6, 6.07) is 54.1. The van der Waals surface area contributed by atoms with Crippen LogP contribution in [-0.2, 0) is 5.41 Å². The van der Waals surface area contributed by atoms with Crippen LogP contribution in [-0.4, -0.2) is 0 Å². The van der Waals surface area contributed by atoms with Gasteiger partial charge < -0.3 is 4.90 Å². The van der Waals surface area contributed by atoms with Crippen molar-refractivity contribution in [3.63, 3.8) is 0 Å². The second kappa shape index (κ2) is 13.0. The van der Waals surface area contributed by atoms with Crippen molar-refractivity contribution in [3.8, 4) is 22.3 Å². The largest absolute Gasteiger partial charge is 0.310 e. The molecule has 4 aliphatic rings. The van der Waals surface area contributed by atoms with Gasteiger partial charge in [0.15, 0.2) is 0 Å². The van der Waals surface area contributed by atoms with E-state index in [1.54, 1.807) is 5.56 Å². The lowest BCUT2D eigenvalue weighted by molar-refractivity contribution is 0.420. The van der Waals surface area contributed by atoms with E-state index < -0.39 is 0 Å². The minimum Gasteiger partial charge on any atom is -0.310 e. The van der Waals surface area contributed by atoms with Crippen molar-refractivity contribution < 1.29 is 0 Å². The van der Waals surface area contributed by atoms with Crippen LogP contribution in [0.2, 0.25) is 0 Å². The lowest BCUT2D eigenvalue weighted by atomic mass is 9.81. The Morgan fingerprint density at radius 3 is 1.98 bits per heavy atom. The molecular weight excluding hydrogens is 663 g/mol. The van der Waals surface area contributed by atoms with Gasteiger partial charge >= 0.3 is 0 Å². The minimum atomic E-state index is -0.138. The quantitative estimate of drug-likeness (QED) is 0.166. The Labute approximate surface area is 327 Å². The van der Waals surface area contributed by atoms with Crippen LogP contribution in [0.25, 0.3) is 43.8 Å². The van der Waals surface area contributed by atoms with Crippen molar-refractivity contribution in [2.24, 2.45) is 11.8 Å². The van der Waals surface area contributed by atoms with Crippen LogP contribution in [0, 0.1) is 11.8 Å². The smallest absolute Gasteiger partial charge is 0.0502 e. The predicted molar refractivity (Wildman–Crippen MR) is 233 cm³/mol. The topological polar surface area (TPSA) is 3.24 Å². The van der Waals surface area contributed by atoms with E-state index >= 15 is 0 Å². The molecule has 0 radical (unpaired) electrons. The van der Waals surface area contributed by atoms with E-state index in [0.29, 0.717) is 5.92 Å². The molecule has 3 saturated carbocycles. The number of hydrogen-bond acceptors (Lipinski definition) is 1. The van der Waals surface area contributed by atoms with Gasteiger partial charge in [0, 0.05) is 16.8 Å². The van der Waals surface area contributed by atoms with Gasteiger partial charge in [-0.2, -0.15) is 0 Å². The van der Waals surface area contributed by atoms with E-state index in [4.69, 9.17) is 0 Å². The molecular formula is C54H51N.